The molecule has 2 saturated heterocycles. The zero-order chi connectivity index (χ0) is 15.5. The lowest BCUT2D eigenvalue weighted by molar-refractivity contribution is 0.265. The molecule has 2 heterocycles. The van der Waals surface area contributed by atoms with Crippen LogP contribution in [-0.4, -0.2) is 42.6 Å². The van der Waals surface area contributed by atoms with Crippen molar-refractivity contribution in [2.45, 2.75) is 31.3 Å². The summed E-state index contributed by atoms with van der Waals surface area (Å²) in [4.78, 5) is 2.34. The Hall–Kier alpha value is -0.290. The van der Waals surface area contributed by atoms with Crippen LogP contribution in [0.5, 0.6) is 0 Å². The largest absolute Gasteiger partial charge is 0.314 e. The summed E-state index contributed by atoms with van der Waals surface area (Å²) in [6.07, 6.45) is 3.71. The van der Waals surface area contributed by atoms with Crippen molar-refractivity contribution in [1.82, 2.24) is 10.2 Å². The number of rotatable bonds is 4. The first-order chi connectivity index (χ1) is 10.6. The van der Waals surface area contributed by atoms with Crippen molar-refractivity contribution in [2.75, 3.05) is 31.6 Å². The first kappa shape index (κ1) is 16.6. The summed E-state index contributed by atoms with van der Waals surface area (Å²) < 4.78 is 13.8. The molecular formula is C17H24ClFN2S. The molecule has 0 aromatic heterocycles. The van der Waals surface area contributed by atoms with E-state index in [1.54, 1.807) is 12.1 Å². The summed E-state index contributed by atoms with van der Waals surface area (Å²) in [5.74, 6) is 2.78. The van der Waals surface area contributed by atoms with E-state index in [4.69, 9.17) is 11.6 Å². The number of likely N-dealkylation sites (tertiary alicyclic amines) is 1. The van der Waals surface area contributed by atoms with Gasteiger partial charge < -0.3 is 5.32 Å². The van der Waals surface area contributed by atoms with E-state index in [2.05, 4.69) is 29.0 Å². The number of hydrogen-bond donors (Lipinski definition) is 1. The zero-order valence-electron chi connectivity index (χ0n) is 13.0. The van der Waals surface area contributed by atoms with E-state index in [9.17, 15) is 4.39 Å². The Bertz CT molecular complexity index is 507. The first-order valence-corrected chi connectivity index (χ1v) is 9.64. The van der Waals surface area contributed by atoms with Crippen molar-refractivity contribution in [3.05, 3.63) is 34.6 Å². The van der Waals surface area contributed by atoms with E-state index in [1.807, 2.05) is 6.07 Å². The first-order valence-electron chi connectivity index (χ1n) is 8.11. The summed E-state index contributed by atoms with van der Waals surface area (Å²) in [7, 11) is 2.13. The molecule has 1 N–H and O–H groups in total. The van der Waals surface area contributed by atoms with Gasteiger partial charge >= 0.3 is 0 Å². The minimum Gasteiger partial charge on any atom is -0.314 e. The molecule has 0 saturated carbocycles. The maximum atomic E-state index is 13.8. The topological polar surface area (TPSA) is 15.3 Å². The minimum atomic E-state index is -0.310. The Labute approximate surface area is 141 Å². The van der Waals surface area contributed by atoms with E-state index in [-0.39, 0.29) is 16.9 Å². The molecule has 0 aliphatic carbocycles. The van der Waals surface area contributed by atoms with Crippen LogP contribution in [0.1, 0.15) is 30.9 Å². The van der Waals surface area contributed by atoms with E-state index in [0.717, 1.165) is 18.7 Å². The van der Waals surface area contributed by atoms with Crippen molar-refractivity contribution < 1.29 is 4.39 Å². The summed E-state index contributed by atoms with van der Waals surface area (Å²) in [5.41, 5.74) is 1.05. The van der Waals surface area contributed by atoms with Gasteiger partial charge in [0.2, 0.25) is 0 Å². The zero-order valence-corrected chi connectivity index (χ0v) is 14.6. The molecule has 1 aromatic rings. The van der Waals surface area contributed by atoms with Crippen molar-refractivity contribution >= 4 is 23.4 Å². The highest BCUT2D eigenvalue weighted by molar-refractivity contribution is 7.99. The maximum absolute atomic E-state index is 13.8. The second-order valence-electron chi connectivity index (χ2n) is 6.44. The van der Waals surface area contributed by atoms with Gasteiger partial charge in [0.05, 0.1) is 5.02 Å². The number of nitrogens with zero attached hydrogens (tertiary/aromatic N) is 1. The van der Waals surface area contributed by atoms with Gasteiger partial charge in [-0.05, 0) is 68.0 Å². The van der Waals surface area contributed by atoms with Crippen LogP contribution < -0.4 is 5.32 Å². The second kappa shape index (κ2) is 7.52. The SMILES string of the molecule is CN1CCC(CNC2CCSCC2)C1c1ccc(Cl)c(F)c1. The number of thioether (sulfide) groups is 1. The van der Waals surface area contributed by atoms with Crippen molar-refractivity contribution in [1.29, 1.82) is 0 Å². The van der Waals surface area contributed by atoms with E-state index >= 15 is 0 Å². The summed E-state index contributed by atoms with van der Waals surface area (Å²) in [6, 6.07) is 6.22. The Balaban J connectivity index is 1.66. The third kappa shape index (κ3) is 3.78. The van der Waals surface area contributed by atoms with Gasteiger partial charge in [0.25, 0.3) is 0 Å². The summed E-state index contributed by atoms with van der Waals surface area (Å²) >= 11 is 7.88. The van der Waals surface area contributed by atoms with E-state index < -0.39 is 0 Å². The maximum Gasteiger partial charge on any atom is 0.142 e. The second-order valence-corrected chi connectivity index (χ2v) is 8.07. The van der Waals surface area contributed by atoms with Crippen LogP contribution in [0.15, 0.2) is 18.2 Å². The van der Waals surface area contributed by atoms with Gasteiger partial charge in [0, 0.05) is 18.6 Å². The van der Waals surface area contributed by atoms with Crippen LogP contribution in [-0.2, 0) is 0 Å². The molecular weight excluding hydrogens is 319 g/mol. The van der Waals surface area contributed by atoms with Crippen LogP contribution in [0, 0.1) is 11.7 Å². The molecule has 0 bridgehead atoms. The van der Waals surface area contributed by atoms with Crippen LogP contribution in [0.2, 0.25) is 5.02 Å². The van der Waals surface area contributed by atoms with Gasteiger partial charge in [-0.25, -0.2) is 4.39 Å². The highest BCUT2D eigenvalue weighted by atomic mass is 35.5. The van der Waals surface area contributed by atoms with Gasteiger partial charge in [-0.1, -0.05) is 17.7 Å². The van der Waals surface area contributed by atoms with Gasteiger partial charge in [0.1, 0.15) is 5.82 Å². The molecule has 2 unspecified atom stereocenters. The molecule has 5 heteroatoms. The molecule has 2 aliphatic heterocycles. The Morgan fingerprint density at radius 1 is 1.32 bits per heavy atom. The summed E-state index contributed by atoms with van der Waals surface area (Å²) in [6.45, 7) is 2.09. The molecule has 3 rings (SSSR count). The highest BCUT2D eigenvalue weighted by Crippen LogP contribution is 2.37. The number of nitrogens with one attached hydrogen (secondary N) is 1. The molecule has 0 radical (unpaired) electrons. The quantitative estimate of drug-likeness (QED) is 0.891. The molecule has 22 heavy (non-hydrogen) atoms. The molecule has 0 amide bonds. The van der Waals surface area contributed by atoms with Gasteiger partial charge in [-0.3, -0.25) is 4.90 Å². The van der Waals surface area contributed by atoms with Crippen LogP contribution >= 0.6 is 23.4 Å². The van der Waals surface area contributed by atoms with Crippen LogP contribution in [0.4, 0.5) is 4.39 Å². The number of benzene rings is 1. The Morgan fingerprint density at radius 3 is 2.82 bits per heavy atom. The molecule has 2 aliphatic rings. The predicted octanol–water partition coefficient (Wildman–Crippen LogP) is 3.96. The third-order valence-corrected chi connectivity index (χ3v) is 6.30. The standard InChI is InChI=1S/C17H24ClFN2S/c1-21-7-4-13(11-20-14-5-8-22-9-6-14)17(21)12-2-3-15(18)16(19)10-12/h2-3,10,13-14,17,20H,4-9,11H2,1H3. The van der Waals surface area contributed by atoms with Gasteiger partial charge in [-0.15, -0.1) is 0 Å². The fraction of sp³-hybridized carbons (Fsp3) is 0.647. The van der Waals surface area contributed by atoms with Crippen molar-refractivity contribution in [2.24, 2.45) is 5.92 Å². The van der Waals surface area contributed by atoms with E-state index in [0.29, 0.717) is 12.0 Å². The number of hydrogen-bond acceptors (Lipinski definition) is 3. The molecule has 2 nitrogen and oxygen atoms in total. The van der Waals surface area contributed by atoms with Gasteiger partial charge in [-0.2, -0.15) is 11.8 Å². The molecule has 0 spiro atoms. The number of halogens is 2. The summed E-state index contributed by atoms with van der Waals surface area (Å²) in [5, 5.41) is 3.96. The van der Waals surface area contributed by atoms with Crippen LogP contribution in [0.3, 0.4) is 0 Å². The fourth-order valence-corrected chi connectivity index (χ4v) is 4.91. The third-order valence-electron chi connectivity index (χ3n) is 4.95. The highest BCUT2D eigenvalue weighted by Gasteiger charge is 2.33. The lowest BCUT2D eigenvalue weighted by Crippen LogP contribution is -2.37. The molecule has 2 atom stereocenters. The lowest BCUT2D eigenvalue weighted by atomic mass is 9.93. The van der Waals surface area contributed by atoms with Crippen LogP contribution in [0.25, 0.3) is 0 Å². The predicted molar refractivity (Wildman–Crippen MR) is 93.2 cm³/mol. The Morgan fingerprint density at radius 2 is 2.09 bits per heavy atom. The lowest BCUT2D eigenvalue weighted by Gasteiger charge is -2.29. The van der Waals surface area contributed by atoms with Gasteiger partial charge in [0.15, 0.2) is 0 Å². The average molecular weight is 343 g/mol. The van der Waals surface area contributed by atoms with Crippen molar-refractivity contribution in [3.8, 4) is 0 Å². The fourth-order valence-electron chi connectivity index (χ4n) is 3.68. The van der Waals surface area contributed by atoms with E-state index in [1.165, 1.54) is 30.8 Å². The molecule has 1 aromatic carbocycles. The average Bonchev–Trinajstić information content (AvgIpc) is 2.90. The smallest absolute Gasteiger partial charge is 0.142 e. The Kier molecular flexibility index (Phi) is 5.66. The normalized spacial score (nSPS) is 27.4. The molecule has 122 valence electrons. The monoisotopic (exact) mass is 342 g/mol. The molecule has 2 fully saturated rings. The van der Waals surface area contributed by atoms with Crippen molar-refractivity contribution in [3.63, 3.8) is 0 Å². The minimum absolute atomic E-state index is 0.207.